The molecule has 2 heteroatoms. The largest absolute Gasteiger partial charge is 0.499 e. The normalized spacial score (nSPS) is 12.0. The molecule has 1 nitrogen and oxygen atoms in total. The summed E-state index contributed by atoms with van der Waals surface area (Å²) in [6, 6.07) is 0. The third-order valence-electron chi connectivity index (χ3n) is 0.238. The topological polar surface area (TPSA) is 20.2 Å². The highest BCUT2D eigenvalue weighted by molar-refractivity contribution is 6.27. The summed E-state index contributed by atoms with van der Waals surface area (Å²) >= 11 is 4.88. The number of halogens is 1. The summed E-state index contributed by atoms with van der Waals surface area (Å²) in [6.07, 6.45) is 1.40. The van der Waals surface area contributed by atoms with Gasteiger partial charge in [0.05, 0.1) is 0 Å². The van der Waals surface area contributed by atoms with Gasteiger partial charge < -0.3 is 5.11 Å². The van der Waals surface area contributed by atoms with Crippen LogP contribution in [0.25, 0.3) is 0 Å². The number of rotatable bonds is 0. The van der Waals surface area contributed by atoms with Crippen LogP contribution in [0.15, 0.2) is 11.3 Å². The molecule has 0 aromatic heterocycles. The first-order chi connectivity index (χ1) is 2.27. The van der Waals surface area contributed by atoms with Gasteiger partial charge in [-0.05, 0) is 24.6 Å². The minimum absolute atomic E-state index is 0.148. The van der Waals surface area contributed by atoms with Crippen molar-refractivity contribution >= 4 is 11.6 Å². The van der Waals surface area contributed by atoms with Crippen LogP contribution in [0.2, 0.25) is 0 Å². The zero-order valence-electron chi connectivity index (χ0n) is 2.90. The SMILES string of the molecule is CC=C(O)Cl. The Kier molecular flexibility index (Phi) is 2.02. The molecule has 30 valence electrons. The first-order valence-corrected chi connectivity index (χ1v) is 1.66. The van der Waals surface area contributed by atoms with E-state index in [1.807, 2.05) is 0 Å². The predicted octanol–water partition coefficient (Wildman–Crippen LogP) is 1.64. The zero-order chi connectivity index (χ0) is 4.28. The van der Waals surface area contributed by atoms with Gasteiger partial charge in [-0.3, -0.25) is 0 Å². The van der Waals surface area contributed by atoms with E-state index in [2.05, 4.69) is 0 Å². The molecule has 5 heavy (non-hydrogen) atoms. The van der Waals surface area contributed by atoms with Crippen molar-refractivity contribution in [2.75, 3.05) is 0 Å². The average Bonchev–Trinajstić information content (AvgIpc) is 1.38. The maximum absolute atomic E-state index is 7.99. The van der Waals surface area contributed by atoms with Crippen LogP contribution >= 0.6 is 11.6 Å². The molecule has 0 spiro atoms. The van der Waals surface area contributed by atoms with E-state index in [-0.39, 0.29) is 5.22 Å². The van der Waals surface area contributed by atoms with Gasteiger partial charge in [0.1, 0.15) is 0 Å². The van der Waals surface area contributed by atoms with E-state index in [0.29, 0.717) is 0 Å². The molecule has 0 fully saturated rings. The zero-order valence-corrected chi connectivity index (χ0v) is 3.66. The van der Waals surface area contributed by atoms with Gasteiger partial charge in [0.25, 0.3) is 0 Å². The Morgan fingerprint density at radius 3 is 2.20 bits per heavy atom. The average molecular weight is 92.5 g/mol. The fourth-order valence-corrected chi connectivity index (χ4v) is 0. The molecule has 0 aromatic rings. The Labute approximate surface area is 35.9 Å². The van der Waals surface area contributed by atoms with Crippen LogP contribution in [0.4, 0.5) is 0 Å². The Morgan fingerprint density at radius 2 is 2.20 bits per heavy atom. The summed E-state index contributed by atoms with van der Waals surface area (Å²) in [5, 5.41) is 7.84. The maximum atomic E-state index is 7.99. The van der Waals surface area contributed by atoms with Gasteiger partial charge in [-0.2, -0.15) is 0 Å². The van der Waals surface area contributed by atoms with E-state index in [0.717, 1.165) is 0 Å². The predicted molar refractivity (Wildman–Crippen MR) is 22.2 cm³/mol. The molecule has 0 aliphatic heterocycles. The maximum Gasteiger partial charge on any atom is 0.179 e. The van der Waals surface area contributed by atoms with Gasteiger partial charge in [0.2, 0.25) is 0 Å². The molecule has 0 atom stereocenters. The van der Waals surface area contributed by atoms with Crippen LogP contribution < -0.4 is 0 Å². The second kappa shape index (κ2) is 2.09. The Morgan fingerprint density at radius 1 is 2.00 bits per heavy atom. The van der Waals surface area contributed by atoms with Crippen LogP contribution in [-0.2, 0) is 0 Å². The summed E-state index contributed by atoms with van der Waals surface area (Å²) in [5.74, 6) is 0. The van der Waals surface area contributed by atoms with Crippen molar-refractivity contribution < 1.29 is 5.11 Å². The lowest BCUT2D eigenvalue weighted by Gasteiger charge is -1.71. The molecule has 0 saturated carbocycles. The standard InChI is InChI=1S/C3H5ClO/c1-2-3(4)5/h2,5H,1H3. The van der Waals surface area contributed by atoms with Crippen LogP contribution in [0.5, 0.6) is 0 Å². The molecular weight excluding hydrogens is 87.5 g/mol. The van der Waals surface area contributed by atoms with Crippen LogP contribution in [0.1, 0.15) is 6.92 Å². The Balaban J connectivity index is 3.14. The number of allylic oxidation sites excluding steroid dienone is 1. The van der Waals surface area contributed by atoms with E-state index in [1.54, 1.807) is 6.92 Å². The van der Waals surface area contributed by atoms with Crippen molar-refractivity contribution in [1.82, 2.24) is 0 Å². The summed E-state index contributed by atoms with van der Waals surface area (Å²) < 4.78 is 0. The first kappa shape index (κ1) is 4.83. The van der Waals surface area contributed by atoms with Gasteiger partial charge in [-0.1, -0.05) is 0 Å². The number of aliphatic hydroxyl groups excluding tert-OH is 1. The summed E-state index contributed by atoms with van der Waals surface area (Å²) in [4.78, 5) is 0. The summed E-state index contributed by atoms with van der Waals surface area (Å²) in [6.45, 7) is 1.66. The molecule has 0 saturated heterocycles. The first-order valence-electron chi connectivity index (χ1n) is 1.28. The minimum Gasteiger partial charge on any atom is -0.499 e. The quantitative estimate of drug-likeness (QED) is 0.451. The third-order valence-corrected chi connectivity index (χ3v) is 0.456. The third kappa shape index (κ3) is 3.83. The monoisotopic (exact) mass is 92.0 g/mol. The summed E-state index contributed by atoms with van der Waals surface area (Å²) in [5.41, 5.74) is 0. The van der Waals surface area contributed by atoms with Gasteiger partial charge >= 0.3 is 0 Å². The second-order valence-electron chi connectivity index (χ2n) is 0.611. The molecule has 0 aliphatic carbocycles. The van der Waals surface area contributed by atoms with E-state index in [1.165, 1.54) is 6.08 Å². The molecule has 0 bridgehead atoms. The lowest BCUT2D eigenvalue weighted by molar-refractivity contribution is 0.451. The lowest BCUT2D eigenvalue weighted by Crippen LogP contribution is -1.54. The minimum atomic E-state index is -0.148. The van der Waals surface area contributed by atoms with E-state index in [4.69, 9.17) is 16.7 Å². The van der Waals surface area contributed by atoms with Crippen molar-refractivity contribution in [1.29, 1.82) is 0 Å². The van der Waals surface area contributed by atoms with Crippen molar-refractivity contribution in [3.63, 3.8) is 0 Å². The molecule has 0 rings (SSSR count). The fraction of sp³-hybridized carbons (Fsp3) is 0.333. The molecule has 0 heterocycles. The van der Waals surface area contributed by atoms with Crippen LogP contribution in [-0.4, -0.2) is 5.11 Å². The highest BCUT2D eigenvalue weighted by atomic mass is 35.5. The van der Waals surface area contributed by atoms with E-state index < -0.39 is 0 Å². The molecule has 0 radical (unpaired) electrons. The second-order valence-corrected chi connectivity index (χ2v) is 0.999. The molecule has 0 unspecified atom stereocenters. The Hall–Kier alpha value is -0.170. The highest BCUT2D eigenvalue weighted by Crippen LogP contribution is 1.89. The Bertz CT molecular complexity index is 44.9. The molecule has 0 amide bonds. The summed E-state index contributed by atoms with van der Waals surface area (Å²) in [7, 11) is 0. The van der Waals surface area contributed by atoms with Crippen molar-refractivity contribution in [2.45, 2.75) is 6.92 Å². The molecule has 0 aromatic carbocycles. The van der Waals surface area contributed by atoms with Crippen molar-refractivity contribution in [3.05, 3.63) is 11.3 Å². The number of hydrogen-bond donors (Lipinski definition) is 1. The van der Waals surface area contributed by atoms with Gasteiger partial charge in [0, 0.05) is 0 Å². The molecule has 0 aliphatic rings. The van der Waals surface area contributed by atoms with Crippen LogP contribution in [0.3, 0.4) is 0 Å². The molecular formula is C3H5ClO. The van der Waals surface area contributed by atoms with E-state index >= 15 is 0 Å². The lowest BCUT2D eigenvalue weighted by atomic mass is 10.7. The highest BCUT2D eigenvalue weighted by Gasteiger charge is 1.67. The van der Waals surface area contributed by atoms with Gasteiger partial charge in [-0.25, -0.2) is 0 Å². The molecule has 1 N–H and O–H groups in total. The van der Waals surface area contributed by atoms with Crippen LogP contribution in [0, 0.1) is 0 Å². The van der Waals surface area contributed by atoms with Crippen molar-refractivity contribution in [2.24, 2.45) is 0 Å². The number of aliphatic hydroxyl groups is 1. The van der Waals surface area contributed by atoms with Gasteiger partial charge in [-0.15, -0.1) is 0 Å². The fourth-order valence-electron chi connectivity index (χ4n) is 0. The van der Waals surface area contributed by atoms with E-state index in [9.17, 15) is 0 Å². The number of hydrogen-bond acceptors (Lipinski definition) is 1. The smallest absolute Gasteiger partial charge is 0.179 e. The van der Waals surface area contributed by atoms with Crippen molar-refractivity contribution in [3.8, 4) is 0 Å². The van der Waals surface area contributed by atoms with Gasteiger partial charge in [0.15, 0.2) is 5.22 Å².